The van der Waals surface area contributed by atoms with Crippen molar-refractivity contribution >= 4 is 35.7 Å². The summed E-state index contributed by atoms with van der Waals surface area (Å²) in [5, 5.41) is 33.3. The monoisotopic (exact) mass is 326 g/mol. The first kappa shape index (κ1) is 15.1. The van der Waals surface area contributed by atoms with E-state index in [0.29, 0.717) is 12.2 Å². The molecule has 1 heterocycles. The van der Waals surface area contributed by atoms with Gasteiger partial charge in [0, 0.05) is 17.5 Å². The number of aromatic nitrogens is 3. The van der Waals surface area contributed by atoms with E-state index in [4.69, 9.17) is 23.8 Å². The van der Waals surface area contributed by atoms with Gasteiger partial charge < -0.3 is 5.11 Å². The van der Waals surface area contributed by atoms with E-state index >= 15 is 0 Å². The lowest BCUT2D eigenvalue weighted by Crippen LogP contribution is -2.03. The van der Waals surface area contributed by atoms with Gasteiger partial charge in [-0.3, -0.25) is 15.2 Å². The summed E-state index contributed by atoms with van der Waals surface area (Å²) < 4.78 is 1.59. The molecular formula is C11H9ClN5O3S-. The van der Waals surface area contributed by atoms with E-state index in [2.05, 4.69) is 15.3 Å². The Morgan fingerprint density at radius 2 is 2.33 bits per heavy atom. The third-order valence-corrected chi connectivity index (χ3v) is 3.09. The number of nitro benzene ring substituents is 1. The molecule has 0 bridgehead atoms. The van der Waals surface area contributed by atoms with Gasteiger partial charge in [-0.2, -0.15) is 14.9 Å². The maximum Gasteiger partial charge on any atom is 0.263 e. The number of nitrogens with zero attached hydrogens (tertiary/aromatic N) is 4. The Morgan fingerprint density at radius 1 is 1.62 bits per heavy atom. The van der Waals surface area contributed by atoms with Crippen LogP contribution in [0.4, 0.5) is 5.69 Å². The second-order valence-electron chi connectivity index (χ2n) is 3.96. The second-order valence-corrected chi connectivity index (χ2v) is 4.78. The fourth-order valence-corrected chi connectivity index (χ4v) is 2.04. The van der Waals surface area contributed by atoms with Gasteiger partial charge in [0.2, 0.25) is 4.77 Å². The molecule has 0 saturated heterocycles. The molecule has 110 valence electrons. The Kier molecular flexibility index (Phi) is 4.34. The number of nitrogens with one attached hydrogen (secondary N) is 1. The van der Waals surface area contributed by atoms with Crippen LogP contribution in [0.25, 0.3) is 0 Å². The number of halogens is 1. The number of aromatic amines is 1. The summed E-state index contributed by atoms with van der Waals surface area (Å²) in [6, 6.07) is 2.30. The molecule has 1 aromatic heterocycles. The van der Waals surface area contributed by atoms with E-state index in [1.807, 2.05) is 6.92 Å². The first-order valence-electron chi connectivity index (χ1n) is 5.79. The Morgan fingerprint density at radius 3 is 2.95 bits per heavy atom. The molecule has 1 N–H and O–H groups in total. The van der Waals surface area contributed by atoms with Crippen molar-refractivity contribution in [2.45, 2.75) is 13.3 Å². The molecule has 2 rings (SSSR count). The van der Waals surface area contributed by atoms with Crippen LogP contribution in [0, 0.1) is 14.9 Å². The van der Waals surface area contributed by atoms with Gasteiger partial charge in [-0.25, -0.2) is 0 Å². The first-order chi connectivity index (χ1) is 9.93. The van der Waals surface area contributed by atoms with Gasteiger partial charge in [0.15, 0.2) is 5.82 Å². The van der Waals surface area contributed by atoms with Crippen LogP contribution in [-0.2, 0) is 6.42 Å². The molecule has 0 fully saturated rings. The predicted molar refractivity (Wildman–Crippen MR) is 77.3 cm³/mol. The van der Waals surface area contributed by atoms with Crippen molar-refractivity contribution in [1.29, 1.82) is 0 Å². The van der Waals surface area contributed by atoms with E-state index < -0.39 is 16.4 Å². The summed E-state index contributed by atoms with van der Waals surface area (Å²) in [5.41, 5.74) is -0.602. The van der Waals surface area contributed by atoms with Crippen molar-refractivity contribution in [3.63, 3.8) is 0 Å². The summed E-state index contributed by atoms with van der Waals surface area (Å²) in [4.78, 5) is 9.99. The fourth-order valence-electron chi connectivity index (χ4n) is 1.62. The van der Waals surface area contributed by atoms with E-state index in [1.165, 1.54) is 17.0 Å². The van der Waals surface area contributed by atoms with Gasteiger partial charge in [-0.15, -0.1) is 0 Å². The largest absolute Gasteiger partial charge is 0.867 e. The molecule has 0 atom stereocenters. The highest BCUT2D eigenvalue weighted by molar-refractivity contribution is 7.71. The molecule has 0 amide bonds. The standard InChI is InChI=1S/C11H10ClN5O3S/c1-2-9-14-15-11(21)16(9)13-5-6-3-7(12)4-8(10(6)18)17(19)20/h3-5,18H,2H2,1H3,(H,15,21)/p-1/b13-5-. The number of H-pyrrole nitrogens is 1. The molecule has 0 radical (unpaired) electrons. The van der Waals surface area contributed by atoms with Crippen LogP contribution in [0.1, 0.15) is 18.3 Å². The second kappa shape index (κ2) is 6.02. The van der Waals surface area contributed by atoms with Crippen molar-refractivity contribution in [3.05, 3.63) is 43.4 Å². The minimum absolute atomic E-state index is 0.000599. The number of hydrogen-bond donors (Lipinski definition) is 1. The summed E-state index contributed by atoms with van der Waals surface area (Å²) in [6.07, 6.45) is 1.75. The highest BCUT2D eigenvalue weighted by Crippen LogP contribution is 2.29. The fraction of sp³-hybridized carbons (Fsp3) is 0.182. The quantitative estimate of drug-likeness (QED) is 0.400. The van der Waals surface area contributed by atoms with Crippen LogP contribution in [0.5, 0.6) is 5.75 Å². The minimum Gasteiger partial charge on any atom is -0.867 e. The number of rotatable bonds is 4. The van der Waals surface area contributed by atoms with Gasteiger partial charge in [0.1, 0.15) is 0 Å². The van der Waals surface area contributed by atoms with Crippen LogP contribution in [0.15, 0.2) is 17.2 Å². The summed E-state index contributed by atoms with van der Waals surface area (Å²) in [7, 11) is 0. The van der Waals surface area contributed by atoms with Crippen molar-refractivity contribution in [3.8, 4) is 5.75 Å². The van der Waals surface area contributed by atoms with Gasteiger partial charge in [-0.1, -0.05) is 18.5 Å². The number of hydrogen-bond acceptors (Lipinski definition) is 6. The number of aryl methyl sites for hydroxylation is 1. The maximum absolute atomic E-state index is 11.9. The Hall–Kier alpha value is -2.26. The third kappa shape index (κ3) is 3.09. The highest BCUT2D eigenvalue weighted by atomic mass is 35.5. The predicted octanol–water partition coefficient (Wildman–Crippen LogP) is 2.02. The molecule has 10 heteroatoms. The average Bonchev–Trinajstić information content (AvgIpc) is 2.79. The van der Waals surface area contributed by atoms with Crippen LogP contribution >= 0.6 is 23.8 Å². The number of benzene rings is 1. The molecular weight excluding hydrogens is 318 g/mol. The zero-order valence-corrected chi connectivity index (χ0v) is 12.3. The number of nitro groups is 1. The topological polar surface area (TPSA) is 112 Å². The lowest BCUT2D eigenvalue weighted by molar-refractivity contribution is -0.398. The van der Waals surface area contributed by atoms with Crippen molar-refractivity contribution in [1.82, 2.24) is 14.9 Å². The molecule has 0 saturated carbocycles. The van der Waals surface area contributed by atoms with Crippen molar-refractivity contribution in [2.75, 3.05) is 0 Å². The van der Waals surface area contributed by atoms with Crippen molar-refractivity contribution in [2.24, 2.45) is 5.10 Å². The molecule has 0 aliphatic rings. The zero-order valence-electron chi connectivity index (χ0n) is 10.7. The van der Waals surface area contributed by atoms with E-state index in [-0.39, 0.29) is 15.4 Å². The van der Waals surface area contributed by atoms with E-state index in [0.717, 1.165) is 6.07 Å². The summed E-state index contributed by atoms with van der Waals surface area (Å²) >= 11 is 10.8. The third-order valence-electron chi connectivity index (χ3n) is 2.61. The Labute approximate surface area is 128 Å². The zero-order chi connectivity index (χ0) is 15.6. The normalized spacial score (nSPS) is 11.1. The van der Waals surface area contributed by atoms with Gasteiger partial charge >= 0.3 is 0 Å². The molecule has 2 aromatic rings. The van der Waals surface area contributed by atoms with Gasteiger partial charge in [0.25, 0.3) is 5.69 Å². The summed E-state index contributed by atoms with van der Waals surface area (Å²) in [5.74, 6) is -0.193. The van der Waals surface area contributed by atoms with Gasteiger partial charge in [-0.05, 0) is 29.6 Å². The lowest BCUT2D eigenvalue weighted by Gasteiger charge is -2.10. The minimum atomic E-state index is -0.785. The molecule has 0 spiro atoms. The molecule has 21 heavy (non-hydrogen) atoms. The van der Waals surface area contributed by atoms with Crippen LogP contribution < -0.4 is 5.11 Å². The first-order valence-corrected chi connectivity index (χ1v) is 6.58. The Bertz CT molecular complexity index is 783. The van der Waals surface area contributed by atoms with Gasteiger partial charge in [0.05, 0.1) is 11.1 Å². The SMILES string of the molecule is CCc1n[nH]c(=S)n1/N=C\c1cc(Cl)cc([N+](=O)[O-])c1[O-]. The molecule has 0 unspecified atom stereocenters. The van der Waals surface area contributed by atoms with Crippen LogP contribution in [-0.4, -0.2) is 26.0 Å². The smallest absolute Gasteiger partial charge is 0.263 e. The van der Waals surface area contributed by atoms with Crippen molar-refractivity contribution < 1.29 is 10.0 Å². The lowest BCUT2D eigenvalue weighted by atomic mass is 10.2. The average molecular weight is 327 g/mol. The van der Waals surface area contributed by atoms with Crippen LogP contribution in [0.2, 0.25) is 5.02 Å². The molecule has 8 nitrogen and oxygen atoms in total. The molecule has 0 aliphatic carbocycles. The maximum atomic E-state index is 11.9. The molecule has 1 aromatic carbocycles. The van der Waals surface area contributed by atoms with E-state index in [9.17, 15) is 15.2 Å². The summed E-state index contributed by atoms with van der Waals surface area (Å²) in [6.45, 7) is 1.86. The Balaban J connectivity index is 2.49. The molecule has 0 aliphatic heterocycles. The van der Waals surface area contributed by atoms with Crippen LogP contribution in [0.3, 0.4) is 0 Å². The highest BCUT2D eigenvalue weighted by Gasteiger charge is 2.11. The van der Waals surface area contributed by atoms with E-state index in [1.54, 1.807) is 0 Å².